The van der Waals surface area contributed by atoms with Crippen LogP contribution in [0.5, 0.6) is 0 Å². The van der Waals surface area contributed by atoms with Gasteiger partial charge in [0.15, 0.2) is 0 Å². The van der Waals surface area contributed by atoms with Crippen LogP contribution in [0.2, 0.25) is 0 Å². The third-order valence-corrected chi connectivity index (χ3v) is 9.44. The van der Waals surface area contributed by atoms with Crippen LogP contribution in [0, 0.1) is 0 Å². The minimum atomic E-state index is -0.217. The van der Waals surface area contributed by atoms with Gasteiger partial charge in [0.2, 0.25) is 0 Å². The molecule has 0 aliphatic heterocycles. The summed E-state index contributed by atoms with van der Waals surface area (Å²) in [6.45, 7) is 9.75. The Labute approximate surface area is 337 Å². The van der Waals surface area contributed by atoms with Crippen LogP contribution in [0.25, 0.3) is 0 Å². The van der Waals surface area contributed by atoms with E-state index in [9.17, 15) is 9.59 Å². The van der Waals surface area contributed by atoms with Gasteiger partial charge in [0.25, 0.3) is 0 Å². The Balaban J connectivity index is -0.000000886. The first-order valence-corrected chi connectivity index (χ1v) is 22.3. The summed E-state index contributed by atoms with van der Waals surface area (Å²) in [5.41, 5.74) is 0. The maximum absolute atomic E-state index is 11.4. The van der Waals surface area contributed by atoms with E-state index in [1.807, 2.05) is 0 Å². The van der Waals surface area contributed by atoms with Crippen molar-refractivity contribution in [3.05, 3.63) is 0 Å². The van der Waals surface area contributed by atoms with E-state index >= 15 is 0 Å². The third-order valence-electron chi connectivity index (χ3n) is 9.44. The SMILES string of the molecule is CCCCCCCCCCCCCCCCCC(=O)OOCCCC.CCCCCCCCCCCCCCCCCC(=O)OOCCCC.[Zr]. The smallest absolute Gasteiger partial charge is 0.298 e. The first kappa shape index (κ1) is 55.1. The summed E-state index contributed by atoms with van der Waals surface area (Å²) in [6.07, 6.45) is 45.1. The Morgan fingerprint density at radius 2 is 0.490 bits per heavy atom. The molecule has 0 amide bonds. The van der Waals surface area contributed by atoms with Gasteiger partial charge in [-0.05, 0) is 25.7 Å². The zero-order valence-electron chi connectivity index (χ0n) is 34.8. The number of hydrogen-bond donors (Lipinski definition) is 0. The van der Waals surface area contributed by atoms with Crippen molar-refractivity contribution < 1.29 is 55.3 Å². The largest absolute Gasteiger partial charge is 0.342 e. The molecular weight excluding hydrogens is 716 g/mol. The van der Waals surface area contributed by atoms with Crippen molar-refractivity contribution in [2.75, 3.05) is 13.2 Å². The molecule has 0 radical (unpaired) electrons. The van der Waals surface area contributed by atoms with Gasteiger partial charge in [-0.25, -0.2) is 9.59 Å². The van der Waals surface area contributed by atoms with E-state index in [1.165, 1.54) is 167 Å². The summed E-state index contributed by atoms with van der Waals surface area (Å²) < 4.78 is 0. The predicted molar refractivity (Wildman–Crippen MR) is 213 cm³/mol. The molecule has 0 fully saturated rings. The van der Waals surface area contributed by atoms with Gasteiger partial charge in [-0.15, -0.1) is 0 Å². The fraction of sp³-hybridized carbons (Fsp3) is 0.955. The van der Waals surface area contributed by atoms with E-state index in [-0.39, 0.29) is 38.1 Å². The average Bonchev–Trinajstić information content (AvgIpc) is 3.12. The molecule has 304 valence electrons. The fourth-order valence-corrected chi connectivity index (χ4v) is 5.99. The summed E-state index contributed by atoms with van der Waals surface area (Å²) in [7, 11) is 0. The van der Waals surface area contributed by atoms with Crippen LogP contribution in [0.4, 0.5) is 0 Å². The first-order chi connectivity index (χ1) is 24.6. The van der Waals surface area contributed by atoms with Gasteiger partial charge in [-0.1, -0.05) is 220 Å². The van der Waals surface area contributed by atoms with Gasteiger partial charge in [0.05, 0.1) is 13.2 Å². The van der Waals surface area contributed by atoms with Gasteiger partial charge in [0.1, 0.15) is 0 Å². The van der Waals surface area contributed by atoms with Crippen molar-refractivity contribution in [2.24, 2.45) is 0 Å². The van der Waals surface area contributed by atoms with E-state index in [0.717, 1.165) is 51.4 Å². The molecule has 0 unspecified atom stereocenters. The molecule has 0 aromatic heterocycles. The van der Waals surface area contributed by atoms with E-state index in [2.05, 4.69) is 27.7 Å². The molecule has 0 aliphatic rings. The van der Waals surface area contributed by atoms with Crippen molar-refractivity contribution in [3.63, 3.8) is 0 Å². The number of carbonyl (C=O) groups excluding carboxylic acids is 2. The van der Waals surface area contributed by atoms with Crippen LogP contribution in [0.15, 0.2) is 0 Å². The Bertz CT molecular complexity index is 593. The molecule has 0 saturated heterocycles. The monoisotopic (exact) mass is 803 g/mol. The van der Waals surface area contributed by atoms with Crippen molar-refractivity contribution in [1.82, 2.24) is 0 Å². The Kier molecular flexibility index (Phi) is 56.0. The second kappa shape index (κ2) is 51.8. The van der Waals surface area contributed by atoms with Crippen molar-refractivity contribution in [3.8, 4) is 0 Å². The quantitative estimate of drug-likeness (QED) is 0.0349. The van der Waals surface area contributed by atoms with Crippen LogP contribution in [0.3, 0.4) is 0 Å². The van der Waals surface area contributed by atoms with E-state index in [0.29, 0.717) is 26.1 Å². The summed E-state index contributed by atoms with van der Waals surface area (Å²) in [6, 6.07) is 0. The number of hydrogen-bond acceptors (Lipinski definition) is 6. The molecule has 6 nitrogen and oxygen atoms in total. The molecule has 0 rings (SSSR count). The number of rotatable bonds is 40. The molecule has 0 spiro atoms. The molecule has 0 aromatic carbocycles. The van der Waals surface area contributed by atoms with Crippen LogP contribution in [0.1, 0.15) is 259 Å². The summed E-state index contributed by atoms with van der Waals surface area (Å²) in [4.78, 5) is 42.0. The maximum atomic E-state index is 11.4. The minimum Gasteiger partial charge on any atom is -0.298 e. The zero-order chi connectivity index (χ0) is 36.9. The standard InChI is InChI=1S/2C22H44O3.Zr/c2*1-3-5-7-8-9-10-11-12-13-14-15-16-17-18-19-20-22(23)25-24-21-6-4-2;/h2*3-21H2,1-2H3;. The van der Waals surface area contributed by atoms with Crippen LogP contribution < -0.4 is 0 Å². The average molecular weight is 804 g/mol. The minimum absolute atomic E-state index is 0. The van der Waals surface area contributed by atoms with Gasteiger partial charge in [-0.3, -0.25) is 9.78 Å². The molecule has 0 N–H and O–H groups in total. The molecule has 51 heavy (non-hydrogen) atoms. The normalized spacial score (nSPS) is 10.7. The number of carbonyl (C=O) groups is 2. The second-order valence-corrected chi connectivity index (χ2v) is 14.7. The van der Waals surface area contributed by atoms with E-state index in [1.54, 1.807) is 0 Å². The molecule has 0 bridgehead atoms. The van der Waals surface area contributed by atoms with Gasteiger partial charge < -0.3 is 0 Å². The predicted octanol–water partition coefficient (Wildman–Crippen LogP) is 15.0. The third kappa shape index (κ3) is 54.2. The Morgan fingerprint density at radius 3 is 0.706 bits per heavy atom. The molecule has 0 heterocycles. The molecular formula is C44H88O6Zr. The van der Waals surface area contributed by atoms with E-state index < -0.39 is 0 Å². The van der Waals surface area contributed by atoms with Crippen molar-refractivity contribution >= 4 is 11.9 Å². The van der Waals surface area contributed by atoms with Crippen LogP contribution >= 0.6 is 0 Å². The zero-order valence-corrected chi connectivity index (χ0v) is 37.3. The van der Waals surface area contributed by atoms with E-state index in [4.69, 9.17) is 19.6 Å². The summed E-state index contributed by atoms with van der Waals surface area (Å²) >= 11 is 0. The Hall–Kier alpha value is -0.257. The summed E-state index contributed by atoms with van der Waals surface area (Å²) in [5.74, 6) is -0.434. The van der Waals surface area contributed by atoms with Crippen molar-refractivity contribution in [1.29, 1.82) is 0 Å². The van der Waals surface area contributed by atoms with Crippen LogP contribution in [-0.4, -0.2) is 25.2 Å². The van der Waals surface area contributed by atoms with Crippen LogP contribution in [-0.2, 0) is 55.3 Å². The van der Waals surface area contributed by atoms with Crippen molar-refractivity contribution in [2.45, 2.75) is 259 Å². The van der Waals surface area contributed by atoms with Gasteiger partial charge in [-0.2, -0.15) is 9.78 Å². The summed E-state index contributed by atoms with van der Waals surface area (Å²) in [5, 5.41) is 0. The number of unbranched alkanes of at least 4 members (excludes halogenated alkanes) is 30. The topological polar surface area (TPSA) is 71.1 Å². The molecule has 0 atom stereocenters. The van der Waals surface area contributed by atoms with Gasteiger partial charge in [0, 0.05) is 39.0 Å². The molecule has 0 aliphatic carbocycles. The molecule has 0 saturated carbocycles. The van der Waals surface area contributed by atoms with Gasteiger partial charge >= 0.3 is 11.9 Å². The second-order valence-electron chi connectivity index (χ2n) is 14.7. The maximum Gasteiger partial charge on any atom is 0.342 e. The fourth-order valence-electron chi connectivity index (χ4n) is 5.99. The molecule has 7 heteroatoms. The Morgan fingerprint density at radius 1 is 0.294 bits per heavy atom. The first-order valence-electron chi connectivity index (χ1n) is 22.3. The molecule has 0 aromatic rings.